The Bertz CT molecular complexity index is 1250. The van der Waals surface area contributed by atoms with Crippen LogP contribution in [0.2, 0.25) is 0 Å². The molecular formula is C22H21N7OS. The number of thiophene rings is 1. The summed E-state index contributed by atoms with van der Waals surface area (Å²) in [6.07, 6.45) is 4.95. The van der Waals surface area contributed by atoms with Gasteiger partial charge in [-0.05, 0) is 30.0 Å². The second-order valence-electron chi connectivity index (χ2n) is 8.13. The third kappa shape index (κ3) is 3.54. The van der Waals surface area contributed by atoms with Gasteiger partial charge in [-0.25, -0.2) is 9.97 Å². The number of anilines is 1. The van der Waals surface area contributed by atoms with Crippen molar-refractivity contribution >= 4 is 33.4 Å². The first-order chi connectivity index (χ1) is 15.2. The van der Waals surface area contributed by atoms with E-state index in [1.165, 1.54) is 11.1 Å². The molecule has 8 nitrogen and oxygen atoms in total. The molecule has 4 aromatic rings. The lowest BCUT2D eigenvalue weighted by Gasteiger charge is -2.25. The van der Waals surface area contributed by atoms with E-state index in [-0.39, 0.29) is 5.91 Å². The zero-order valence-corrected chi connectivity index (χ0v) is 17.7. The van der Waals surface area contributed by atoms with E-state index in [1.54, 1.807) is 11.3 Å². The van der Waals surface area contributed by atoms with Gasteiger partial charge in [0, 0.05) is 23.9 Å². The van der Waals surface area contributed by atoms with Crippen LogP contribution < -0.4 is 5.32 Å². The van der Waals surface area contributed by atoms with Gasteiger partial charge in [0.2, 0.25) is 11.9 Å². The second-order valence-corrected chi connectivity index (χ2v) is 9.30. The molecule has 1 aliphatic carbocycles. The predicted molar refractivity (Wildman–Crippen MR) is 118 cm³/mol. The van der Waals surface area contributed by atoms with Crippen LogP contribution >= 0.6 is 11.3 Å². The minimum Gasteiger partial charge on any atom is -0.351 e. The number of carbonyl (C=O) groups is 1. The van der Waals surface area contributed by atoms with E-state index in [0.29, 0.717) is 31.5 Å². The smallest absolute Gasteiger partial charge is 0.228 e. The lowest BCUT2D eigenvalue weighted by molar-refractivity contribution is -0.131. The second kappa shape index (κ2) is 7.42. The van der Waals surface area contributed by atoms with E-state index in [1.807, 2.05) is 17.2 Å². The number of rotatable bonds is 4. The number of carbonyl (C=O) groups excluding carboxylic acids is 1. The largest absolute Gasteiger partial charge is 0.351 e. The number of benzene rings is 1. The van der Waals surface area contributed by atoms with Crippen molar-refractivity contribution in [2.45, 2.75) is 38.3 Å². The molecule has 1 aromatic carbocycles. The molecule has 0 spiro atoms. The summed E-state index contributed by atoms with van der Waals surface area (Å²) in [4.78, 5) is 24.9. The van der Waals surface area contributed by atoms with Gasteiger partial charge >= 0.3 is 0 Å². The van der Waals surface area contributed by atoms with Crippen LogP contribution in [-0.2, 0) is 37.0 Å². The number of H-pyrrole nitrogens is 1. The fraction of sp³-hybridized carbons (Fsp3) is 0.318. The van der Waals surface area contributed by atoms with Crippen molar-refractivity contribution in [3.63, 3.8) is 0 Å². The van der Waals surface area contributed by atoms with E-state index in [2.05, 4.69) is 50.0 Å². The highest BCUT2D eigenvalue weighted by Gasteiger charge is 2.24. The first kappa shape index (κ1) is 18.4. The molecule has 0 fully saturated rings. The first-order valence-corrected chi connectivity index (χ1v) is 11.3. The number of hydrogen-bond acceptors (Lipinski definition) is 7. The van der Waals surface area contributed by atoms with Crippen molar-refractivity contribution in [2.24, 2.45) is 0 Å². The van der Waals surface area contributed by atoms with Crippen LogP contribution in [0.15, 0.2) is 36.5 Å². The Kier molecular flexibility index (Phi) is 4.41. The predicted octanol–water partition coefficient (Wildman–Crippen LogP) is 2.52. The molecule has 2 aliphatic rings. The highest BCUT2D eigenvalue weighted by atomic mass is 32.1. The number of nitrogens with one attached hydrogen (secondary N) is 2. The van der Waals surface area contributed by atoms with E-state index >= 15 is 0 Å². The van der Waals surface area contributed by atoms with Gasteiger partial charge in [-0.2, -0.15) is 15.4 Å². The molecule has 1 aliphatic heterocycles. The van der Waals surface area contributed by atoms with Crippen LogP contribution in [0, 0.1) is 0 Å². The van der Waals surface area contributed by atoms with Crippen LogP contribution in [0.3, 0.4) is 0 Å². The lowest BCUT2D eigenvalue weighted by Crippen LogP contribution is -2.36. The zero-order valence-electron chi connectivity index (χ0n) is 16.8. The summed E-state index contributed by atoms with van der Waals surface area (Å²) < 4.78 is 1.00. The maximum atomic E-state index is 12.8. The molecule has 0 bridgehead atoms. The number of aromatic amines is 1. The SMILES string of the molecule is O=C(Cc1cc2nc(NC3Cc4ccccc4C3)ncc2s1)N1CCc2n[nH]nc2C1. The normalized spacial score (nSPS) is 15.8. The molecule has 3 aromatic heterocycles. The minimum absolute atomic E-state index is 0.107. The molecule has 156 valence electrons. The van der Waals surface area contributed by atoms with Gasteiger partial charge < -0.3 is 10.2 Å². The number of nitrogens with zero attached hydrogens (tertiary/aromatic N) is 5. The molecule has 31 heavy (non-hydrogen) atoms. The monoisotopic (exact) mass is 431 g/mol. The van der Waals surface area contributed by atoms with Gasteiger partial charge in [0.25, 0.3) is 0 Å². The molecule has 0 saturated heterocycles. The fourth-order valence-electron chi connectivity index (χ4n) is 4.47. The highest BCUT2D eigenvalue weighted by Crippen LogP contribution is 2.27. The Morgan fingerprint density at radius 3 is 2.84 bits per heavy atom. The summed E-state index contributed by atoms with van der Waals surface area (Å²) in [6.45, 7) is 1.20. The van der Waals surface area contributed by atoms with Gasteiger partial charge in [-0.3, -0.25) is 4.79 Å². The highest BCUT2D eigenvalue weighted by molar-refractivity contribution is 7.19. The van der Waals surface area contributed by atoms with Crippen molar-refractivity contribution in [3.8, 4) is 0 Å². The third-order valence-corrected chi connectivity index (χ3v) is 7.11. The summed E-state index contributed by atoms with van der Waals surface area (Å²) in [7, 11) is 0. The molecule has 2 N–H and O–H groups in total. The third-order valence-electron chi connectivity index (χ3n) is 6.05. The number of fused-ring (bicyclic) bond motifs is 3. The van der Waals surface area contributed by atoms with Gasteiger partial charge in [-0.1, -0.05) is 24.3 Å². The van der Waals surface area contributed by atoms with Crippen LogP contribution in [0.4, 0.5) is 5.95 Å². The van der Waals surface area contributed by atoms with Crippen LogP contribution in [0.25, 0.3) is 10.2 Å². The van der Waals surface area contributed by atoms with Crippen LogP contribution in [-0.4, -0.2) is 48.8 Å². The molecule has 6 rings (SSSR count). The van der Waals surface area contributed by atoms with Crippen molar-refractivity contribution in [3.05, 3.63) is 63.9 Å². The molecule has 0 unspecified atom stereocenters. The molecule has 1 amide bonds. The Morgan fingerprint density at radius 1 is 1.19 bits per heavy atom. The summed E-state index contributed by atoms with van der Waals surface area (Å²) in [6, 6.07) is 10.9. The summed E-state index contributed by atoms with van der Waals surface area (Å²) in [5, 5.41) is 14.4. The minimum atomic E-state index is 0.107. The number of amides is 1. The van der Waals surface area contributed by atoms with Crippen molar-refractivity contribution < 1.29 is 4.79 Å². The topological polar surface area (TPSA) is 99.7 Å². The zero-order chi connectivity index (χ0) is 20.8. The standard InChI is InChI=1S/C22H21N7OS/c30-21(29-6-5-17-19(12-29)27-28-26-17)10-16-9-18-20(31-16)11-23-22(25-18)24-15-7-13-3-1-2-4-14(13)8-15/h1-4,9,11,15H,5-8,10,12H2,(H,23,24,25)(H,26,27,28). The van der Waals surface area contributed by atoms with E-state index in [0.717, 1.165) is 45.7 Å². The Balaban J connectivity index is 1.14. The molecule has 0 atom stereocenters. The van der Waals surface area contributed by atoms with Crippen LogP contribution in [0.5, 0.6) is 0 Å². The van der Waals surface area contributed by atoms with Crippen molar-refractivity contribution in [1.29, 1.82) is 0 Å². The van der Waals surface area contributed by atoms with E-state index in [9.17, 15) is 4.79 Å². The summed E-state index contributed by atoms with van der Waals surface area (Å²) in [5.74, 6) is 0.755. The fourth-order valence-corrected chi connectivity index (χ4v) is 5.43. The van der Waals surface area contributed by atoms with Gasteiger partial charge in [0.15, 0.2) is 0 Å². The Morgan fingerprint density at radius 2 is 2.00 bits per heavy atom. The Labute approximate surface area is 182 Å². The molecule has 0 saturated carbocycles. The summed E-state index contributed by atoms with van der Waals surface area (Å²) >= 11 is 1.58. The quantitative estimate of drug-likeness (QED) is 0.515. The molecule has 0 radical (unpaired) electrons. The summed E-state index contributed by atoms with van der Waals surface area (Å²) in [5.41, 5.74) is 5.51. The average Bonchev–Trinajstić information content (AvgIpc) is 3.49. The van der Waals surface area contributed by atoms with Gasteiger partial charge in [0.1, 0.15) is 5.69 Å². The van der Waals surface area contributed by atoms with Crippen molar-refractivity contribution in [2.75, 3.05) is 11.9 Å². The lowest BCUT2D eigenvalue weighted by atomic mass is 10.1. The Hall–Kier alpha value is -3.33. The maximum absolute atomic E-state index is 12.8. The number of aromatic nitrogens is 5. The average molecular weight is 432 g/mol. The molecule has 4 heterocycles. The molecule has 9 heteroatoms. The van der Waals surface area contributed by atoms with Gasteiger partial charge in [0.05, 0.1) is 35.1 Å². The maximum Gasteiger partial charge on any atom is 0.228 e. The van der Waals surface area contributed by atoms with E-state index < -0.39 is 0 Å². The van der Waals surface area contributed by atoms with Crippen molar-refractivity contribution in [1.82, 2.24) is 30.3 Å². The van der Waals surface area contributed by atoms with E-state index in [4.69, 9.17) is 4.98 Å². The number of hydrogen-bond donors (Lipinski definition) is 2. The van der Waals surface area contributed by atoms with Crippen LogP contribution in [0.1, 0.15) is 27.4 Å². The first-order valence-electron chi connectivity index (χ1n) is 10.5. The molecular weight excluding hydrogens is 410 g/mol. The van der Waals surface area contributed by atoms with Gasteiger partial charge in [-0.15, -0.1) is 11.3 Å².